The number of hydrogen-bond acceptors (Lipinski definition) is 4. The maximum absolute atomic E-state index is 12.4. The van der Waals surface area contributed by atoms with E-state index in [0.717, 1.165) is 41.7 Å². The summed E-state index contributed by atoms with van der Waals surface area (Å²) in [5.41, 5.74) is 4.48. The molecular formula is C21H24N2O4S. The van der Waals surface area contributed by atoms with Gasteiger partial charge >= 0.3 is 0 Å². The molecule has 2 aliphatic rings. The molecule has 2 heterocycles. The molecule has 2 aliphatic heterocycles. The summed E-state index contributed by atoms with van der Waals surface area (Å²) in [6.07, 6.45) is 3.38. The Kier molecular flexibility index (Phi) is 5.12. The lowest BCUT2D eigenvalue weighted by atomic mass is 10.0. The molecule has 148 valence electrons. The second kappa shape index (κ2) is 7.56. The molecule has 1 fully saturated rings. The van der Waals surface area contributed by atoms with Gasteiger partial charge in [-0.3, -0.25) is 4.79 Å². The van der Waals surface area contributed by atoms with Gasteiger partial charge in [-0.15, -0.1) is 0 Å². The van der Waals surface area contributed by atoms with Crippen LogP contribution in [0, 0.1) is 0 Å². The molecule has 0 unspecified atom stereocenters. The SMILES string of the molecule is CS(=O)(=O)N1CCC[C@H]1C(=O)NCc1ccc(-c2ccc3c(c2)CCO3)cc1. The fraction of sp³-hybridized carbons (Fsp3) is 0.381. The lowest BCUT2D eigenvalue weighted by molar-refractivity contribution is -0.124. The van der Waals surface area contributed by atoms with Crippen molar-refractivity contribution < 1.29 is 17.9 Å². The van der Waals surface area contributed by atoms with E-state index >= 15 is 0 Å². The molecule has 0 saturated carbocycles. The fourth-order valence-corrected chi connectivity index (χ4v) is 5.01. The summed E-state index contributed by atoms with van der Waals surface area (Å²) in [6.45, 7) is 1.54. The maximum Gasteiger partial charge on any atom is 0.238 e. The first-order valence-electron chi connectivity index (χ1n) is 9.51. The molecule has 0 radical (unpaired) electrons. The third kappa shape index (κ3) is 3.91. The second-order valence-electron chi connectivity index (χ2n) is 7.37. The molecule has 7 heteroatoms. The van der Waals surface area contributed by atoms with Gasteiger partial charge in [-0.2, -0.15) is 4.31 Å². The second-order valence-corrected chi connectivity index (χ2v) is 9.30. The minimum atomic E-state index is -3.36. The highest BCUT2D eigenvalue weighted by Gasteiger charge is 2.36. The summed E-state index contributed by atoms with van der Waals surface area (Å²) in [4.78, 5) is 12.4. The molecule has 0 aromatic heterocycles. The molecule has 2 aromatic carbocycles. The molecule has 28 heavy (non-hydrogen) atoms. The summed E-state index contributed by atoms with van der Waals surface area (Å²) >= 11 is 0. The molecule has 4 rings (SSSR count). The standard InChI is InChI=1S/C21H24N2O4S/c1-28(25,26)23-11-2-3-19(23)21(24)22-14-15-4-6-16(7-5-15)17-8-9-20-18(13-17)10-12-27-20/h4-9,13,19H,2-3,10-12,14H2,1H3,(H,22,24)/t19-/m0/s1. The van der Waals surface area contributed by atoms with Gasteiger partial charge in [0.1, 0.15) is 11.8 Å². The average Bonchev–Trinajstić information content (AvgIpc) is 3.35. The number of ether oxygens (including phenoxy) is 1. The molecule has 1 saturated heterocycles. The van der Waals surface area contributed by atoms with Crippen LogP contribution in [0.25, 0.3) is 11.1 Å². The van der Waals surface area contributed by atoms with E-state index in [1.165, 1.54) is 9.87 Å². The van der Waals surface area contributed by atoms with Crippen LogP contribution in [0.5, 0.6) is 5.75 Å². The smallest absolute Gasteiger partial charge is 0.238 e. The van der Waals surface area contributed by atoms with E-state index in [1.807, 2.05) is 30.3 Å². The van der Waals surface area contributed by atoms with Crippen molar-refractivity contribution in [2.45, 2.75) is 31.8 Å². The van der Waals surface area contributed by atoms with E-state index in [4.69, 9.17) is 4.74 Å². The van der Waals surface area contributed by atoms with Crippen LogP contribution in [-0.4, -0.2) is 44.1 Å². The third-order valence-electron chi connectivity index (χ3n) is 5.38. The van der Waals surface area contributed by atoms with Crippen LogP contribution in [0.3, 0.4) is 0 Å². The van der Waals surface area contributed by atoms with Gasteiger partial charge in [0, 0.05) is 19.5 Å². The molecule has 2 aromatic rings. The molecule has 0 bridgehead atoms. The van der Waals surface area contributed by atoms with Gasteiger partial charge in [0.15, 0.2) is 0 Å². The maximum atomic E-state index is 12.4. The van der Waals surface area contributed by atoms with E-state index < -0.39 is 16.1 Å². The van der Waals surface area contributed by atoms with Crippen LogP contribution in [-0.2, 0) is 27.8 Å². The van der Waals surface area contributed by atoms with E-state index in [0.29, 0.717) is 25.9 Å². The Bertz CT molecular complexity index is 986. The van der Waals surface area contributed by atoms with Crippen LogP contribution in [0.15, 0.2) is 42.5 Å². The number of amides is 1. The molecule has 1 N–H and O–H groups in total. The van der Waals surface area contributed by atoms with Crippen LogP contribution in [0.1, 0.15) is 24.0 Å². The number of carbonyl (C=O) groups excluding carboxylic acids is 1. The van der Waals surface area contributed by atoms with Gasteiger partial charge < -0.3 is 10.1 Å². The quantitative estimate of drug-likeness (QED) is 0.836. The highest BCUT2D eigenvalue weighted by Crippen LogP contribution is 2.30. The lowest BCUT2D eigenvalue weighted by Gasteiger charge is -2.21. The van der Waals surface area contributed by atoms with Crippen molar-refractivity contribution in [1.82, 2.24) is 9.62 Å². The molecule has 1 atom stereocenters. The van der Waals surface area contributed by atoms with Crippen LogP contribution < -0.4 is 10.1 Å². The molecular weight excluding hydrogens is 376 g/mol. The zero-order valence-corrected chi connectivity index (χ0v) is 16.7. The van der Waals surface area contributed by atoms with E-state index in [2.05, 4.69) is 17.4 Å². The zero-order chi connectivity index (χ0) is 19.7. The first-order valence-corrected chi connectivity index (χ1v) is 11.4. The fourth-order valence-electron chi connectivity index (χ4n) is 3.89. The number of nitrogens with zero attached hydrogens (tertiary/aromatic N) is 1. The summed E-state index contributed by atoms with van der Waals surface area (Å²) in [7, 11) is -3.36. The number of hydrogen-bond donors (Lipinski definition) is 1. The Morgan fingerprint density at radius 2 is 1.93 bits per heavy atom. The number of fused-ring (bicyclic) bond motifs is 1. The Labute approximate surface area is 165 Å². The van der Waals surface area contributed by atoms with E-state index in [9.17, 15) is 13.2 Å². The van der Waals surface area contributed by atoms with Crippen LogP contribution in [0.4, 0.5) is 0 Å². The Balaban J connectivity index is 1.39. The monoisotopic (exact) mass is 400 g/mol. The van der Waals surface area contributed by atoms with Crippen molar-refractivity contribution in [2.24, 2.45) is 0 Å². The number of benzene rings is 2. The topological polar surface area (TPSA) is 75.7 Å². The van der Waals surface area contributed by atoms with E-state index in [-0.39, 0.29) is 5.91 Å². The number of sulfonamides is 1. The van der Waals surface area contributed by atoms with Crippen molar-refractivity contribution >= 4 is 15.9 Å². The van der Waals surface area contributed by atoms with Crippen molar-refractivity contribution in [3.63, 3.8) is 0 Å². The average molecular weight is 401 g/mol. The Morgan fingerprint density at radius 1 is 1.18 bits per heavy atom. The zero-order valence-electron chi connectivity index (χ0n) is 15.8. The first kappa shape index (κ1) is 19.0. The highest BCUT2D eigenvalue weighted by molar-refractivity contribution is 7.88. The first-order chi connectivity index (χ1) is 13.4. The molecule has 1 amide bonds. The van der Waals surface area contributed by atoms with Crippen molar-refractivity contribution in [3.8, 4) is 16.9 Å². The van der Waals surface area contributed by atoms with Gasteiger partial charge in [0.25, 0.3) is 0 Å². The number of carbonyl (C=O) groups is 1. The largest absolute Gasteiger partial charge is 0.493 e. The van der Waals surface area contributed by atoms with Gasteiger partial charge in [0.05, 0.1) is 12.9 Å². The lowest BCUT2D eigenvalue weighted by Crippen LogP contribution is -2.45. The molecule has 6 nitrogen and oxygen atoms in total. The van der Waals surface area contributed by atoms with Gasteiger partial charge in [-0.25, -0.2) is 8.42 Å². The Morgan fingerprint density at radius 3 is 2.68 bits per heavy atom. The highest BCUT2D eigenvalue weighted by atomic mass is 32.2. The van der Waals surface area contributed by atoms with Crippen molar-refractivity contribution in [2.75, 3.05) is 19.4 Å². The minimum Gasteiger partial charge on any atom is -0.493 e. The summed E-state index contributed by atoms with van der Waals surface area (Å²) in [5, 5.41) is 2.87. The van der Waals surface area contributed by atoms with E-state index in [1.54, 1.807) is 0 Å². The number of nitrogens with one attached hydrogen (secondary N) is 1. The number of rotatable bonds is 5. The Hall–Kier alpha value is -2.38. The van der Waals surface area contributed by atoms with Gasteiger partial charge in [0.2, 0.25) is 15.9 Å². The van der Waals surface area contributed by atoms with Gasteiger partial charge in [-0.1, -0.05) is 30.3 Å². The normalized spacial score (nSPS) is 19.2. The summed E-state index contributed by atoms with van der Waals surface area (Å²) in [6, 6.07) is 13.7. The third-order valence-corrected chi connectivity index (χ3v) is 6.66. The minimum absolute atomic E-state index is 0.231. The molecule has 0 aliphatic carbocycles. The van der Waals surface area contributed by atoms with Crippen molar-refractivity contribution in [1.29, 1.82) is 0 Å². The predicted octanol–water partition coefficient (Wildman–Crippen LogP) is 2.33. The van der Waals surface area contributed by atoms with Crippen molar-refractivity contribution in [3.05, 3.63) is 53.6 Å². The summed E-state index contributed by atoms with van der Waals surface area (Å²) < 4.78 is 30.5. The summed E-state index contributed by atoms with van der Waals surface area (Å²) in [5.74, 6) is 0.740. The van der Waals surface area contributed by atoms with Gasteiger partial charge in [-0.05, 0) is 47.2 Å². The predicted molar refractivity (Wildman–Crippen MR) is 107 cm³/mol. The molecule has 0 spiro atoms. The van der Waals surface area contributed by atoms with Crippen LogP contribution in [0.2, 0.25) is 0 Å². The van der Waals surface area contributed by atoms with Crippen LogP contribution >= 0.6 is 0 Å².